The van der Waals surface area contributed by atoms with Crippen molar-refractivity contribution in [3.63, 3.8) is 0 Å². The number of hydrogen-bond acceptors (Lipinski definition) is 4. The number of methoxy groups -OCH3 is 1. The summed E-state index contributed by atoms with van der Waals surface area (Å²) in [4.78, 5) is 1.27. The lowest BCUT2D eigenvalue weighted by Gasteiger charge is -2.17. The molecule has 0 bridgehead atoms. The fourth-order valence-corrected chi connectivity index (χ4v) is 3.34. The Morgan fingerprint density at radius 1 is 1.14 bits per heavy atom. The van der Waals surface area contributed by atoms with Gasteiger partial charge in [0.05, 0.1) is 24.7 Å². The number of thioether (sulfide) groups is 1. The van der Waals surface area contributed by atoms with Crippen molar-refractivity contribution in [3.05, 3.63) is 36.4 Å². The van der Waals surface area contributed by atoms with Crippen molar-refractivity contribution in [2.45, 2.75) is 24.8 Å². The molecule has 110 valence electrons. The largest absolute Gasteiger partial charge is 0.496 e. The summed E-state index contributed by atoms with van der Waals surface area (Å²) in [5.41, 5.74) is 3.34. The van der Waals surface area contributed by atoms with E-state index in [0.717, 1.165) is 28.5 Å². The maximum absolute atomic E-state index is 5.96. The van der Waals surface area contributed by atoms with Crippen molar-refractivity contribution >= 4 is 17.4 Å². The molecule has 4 heteroatoms. The number of ether oxygens (including phenoxy) is 2. The van der Waals surface area contributed by atoms with E-state index in [1.807, 2.05) is 43.8 Å². The number of hydrogen-bond donors (Lipinski definition) is 1. The van der Waals surface area contributed by atoms with Gasteiger partial charge in [-0.25, -0.2) is 0 Å². The number of rotatable bonds is 4. The van der Waals surface area contributed by atoms with Crippen LogP contribution in [0.4, 0.5) is 5.69 Å². The molecule has 0 atom stereocenters. The molecule has 0 amide bonds. The molecule has 0 aliphatic carbocycles. The molecular weight excluding hydrogens is 282 g/mol. The van der Waals surface area contributed by atoms with Gasteiger partial charge < -0.3 is 14.8 Å². The van der Waals surface area contributed by atoms with Crippen LogP contribution in [0.3, 0.4) is 0 Å². The van der Waals surface area contributed by atoms with Gasteiger partial charge in [0.15, 0.2) is 0 Å². The van der Waals surface area contributed by atoms with E-state index in [1.165, 1.54) is 10.6 Å². The van der Waals surface area contributed by atoms with Crippen molar-refractivity contribution in [1.29, 1.82) is 0 Å². The molecule has 3 nitrogen and oxygen atoms in total. The highest BCUT2D eigenvalue weighted by atomic mass is 32.2. The Balaban J connectivity index is 2.11. The van der Waals surface area contributed by atoms with Gasteiger partial charge in [0.2, 0.25) is 0 Å². The normalized spacial score (nSPS) is 13.0. The summed E-state index contributed by atoms with van der Waals surface area (Å²) in [5.74, 6) is 2.63. The third kappa shape index (κ3) is 2.81. The zero-order chi connectivity index (χ0) is 14.8. The summed E-state index contributed by atoms with van der Waals surface area (Å²) in [6.07, 6.45) is 0.126. The van der Waals surface area contributed by atoms with Gasteiger partial charge in [-0.3, -0.25) is 0 Å². The van der Waals surface area contributed by atoms with Crippen LogP contribution in [0.15, 0.2) is 41.3 Å². The number of nitrogens with one attached hydrogen (secondary N) is 1. The van der Waals surface area contributed by atoms with Crippen LogP contribution in [0.2, 0.25) is 0 Å². The fraction of sp³-hybridized carbons (Fsp3) is 0.294. The van der Waals surface area contributed by atoms with E-state index in [-0.39, 0.29) is 6.10 Å². The Hall–Kier alpha value is -1.81. The van der Waals surface area contributed by atoms with E-state index in [0.29, 0.717) is 0 Å². The first kappa shape index (κ1) is 14.1. The summed E-state index contributed by atoms with van der Waals surface area (Å²) in [6.45, 7) is 4.07. The lowest BCUT2D eigenvalue weighted by Crippen LogP contribution is -2.07. The number of benzene rings is 2. The van der Waals surface area contributed by atoms with Crippen LogP contribution in [0.5, 0.6) is 11.5 Å². The van der Waals surface area contributed by atoms with Crippen molar-refractivity contribution in [1.82, 2.24) is 0 Å². The van der Waals surface area contributed by atoms with Crippen molar-refractivity contribution < 1.29 is 9.47 Å². The summed E-state index contributed by atoms with van der Waals surface area (Å²) in [6, 6.07) is 12.4. The highest BCUT2D eigenvalue weighted by molar-refractivity contribution is 7.99. The Morgan fingerprint density at radius 2 is 1.95 bits per heavy atom. The second kappa shape index (κ2) is 5.90. The number of anilines is 1. The summed E-state index contributed by atoms with van der Waals surface area (Å²) in [5, 5.41) is 3.35. The highest BCUT2D eigenvalue weighted by Gasteiger charge is 2.17. The fourth-order valence-electron chi connectivity index (χ4n) is 2.45. The molecule has 0 aromatic heterocycles. The Bertz CT molecular complexity index is 655. The molecule has 0 radical (unpaired) electrons. The SMILES string of the molecule is COc1cccc(OC(C)C)c1-c1ccc2c(c1)SCN2. The van der Waals surface area contributed by atoms with E-state index in [1.54, 1.807) is 7.11 Å². The lowest BCUT2D eigenvalue weighted by atomic mass is 10.0. The molecule has 1 N–H and O–H groups in total. The average Bonchev–Trinajstić information content (AvgIpc) is 2.93. The predicted molar refractivity (Wildman–Crippen MR) is 88.5 cm³/mol. The maximum atomic E-state index is 5.96. The second-order valence-electron chi connectivity index (χ2n) is 5.18. The van der Waals surface area contributed by atoms with Crippen LogP contribution >= 0.6 is 11.8 Å². The first-order valence-corrected chi connectivity index (χ1v) is 8.02. The van der Waals surface area contributed by atoms with Crippen molar-refractivity contribution in [2.24, 2.45) is 0 Å². The lowest BCUT2D eigenvalue weighted by molar-refractivity contribution is 0.242. The van der Waals surface area contributed by atoms with Crippen molar-refractivity contribution in [2.75, 3.05) is 18.3 Å². The van der Waals surface area contributed by atoms with Gasteiger partial charge in [-0.2, -0.15) is 0 Å². The molecule has 21 heavy (non-hydrogen) atoms. The van der Waals surface area contributed by atoms with Crippen LogP contribution in [0, 0.1) is 0 Å². The topological polar surface area (TPSA) is 30.5 Å². The minimum Gasteiger partial charge on any atom is -0.496 e. The quantitative estimate of drug-likeness (QED) is 0.892. The van der Waals surface area contributed by atoms with Crippen LogP contribution in [0.25, 0.3) is 11.1 Å². The minimum absolute atomic E-state index is 0.126. The molecule has 0 unspecified atom stereocenters. The van der Waals surface area contributed by atoms with Crippen LogP contribution in [0.1, 0.15) is 13.8 Å². The van der Waals surface area contributed by atoms with Crippen LogP contribution < -0.4 is 14.8 Å². The highest BCUT2D eigenvalue weighted by Crippen LogP contribution is 2.43. The molecule has 0 saturated heterocycles. The van der Waals surface area contributed by atoms with Gasteiger partial charge in [0.25, 0.3) is 0 Å². The molecule has 0 spiro atoms. The molecule has 2 aromatic rings. The Kier molecular flexibility index (Phi) is 3.97. The van der Waals surface area contributed by atoms with Crippen LogP contribution in [-0.2, 0) is 0 Å². The standard InChI is InChI=1S/C17H19NO2S/c1-11(2)20-15-6-4-5-14(19-3)17(15)12-7-8-13-16(9-12)21-10-18-13/h4-9,11,18H,10H2,1-3H3. The van der Waals surface area contributed by atoms with E-state index < -0.39 is 0 Å². The molecule has 0 saturated carbocycles. The second-order valence-corrected chi connectivity index (χ2v) is 6.19. The van der Waals surface area contributed by atoms with Crippen LogP contribution in [-0.4, -0.2) is 19.1 Å². The van der Waals surface area contributed by atoms with Gasteiger partial charge in [0.1, 0.15) is 11.5 Å². The van der Waals surface area contributed by atoms with E-state index >= 15 is 0 Å². The van der Waals surface area contributed by atoms with E-state index in [2.05, 4.69) is 23.5 Å². The summed E-state index contributed by atoms with van der Waals surface area (Å²) in [7, 11) is 1.70. The van der Waals surface area contributed by atoms with Gasteiger partial charge in [-0.05, 0) is 43.7 Å². The zero-order valence-electron chi connectivity index (χ0n) is 12.5. The molecular formula is C17H19NO2S. The molecule has 0 fully saturated rings. The Morgan fingerprint density at radius 3 is 2.71 bits per heavy atom. The van der Waals surface area contributed by atoms with E-state index in [9.17, 15) is 0 Å². The van der Waals surface area contributed by atoms with Gasteiger partial charge in [-0.15, -0.1) is 11.8 Å². The average molecular weight is 301 g/mol. The first-order valence-electron chi connectivity index (χ1n) is 7.04. The van der Waals surface area contributed by atoms with Gasteiger partial charge >= 0.3 is 0 Å². The smallest absolute Gasteiger partial charge is 0.131 e. The van der Waals surface area contributed by atoms with Gasteiger partial charge in [-0.1, -0.05) is 12.1 Å². The Labute approximate surface area is 129 Å². The molecule has 1 heterocycles. The predicted octanol–water partition coefficient (Wildman–Crippen LogP) is 4.62. The number of fused-ring (bicyclic) bond motifs is 1. The third-order valence-corrected chi connectivity index (χ3v) is 4.27. The minimum atomic E-state index is 0.126. The summed E-state index contributed by atoms with van der Waals surface area (Å²) < 4.78 is 11.5. The summed E-state index contributed by atoms with van der Waals surface area (Å²) >= 11 is 1.82. The van der Waals surface area contributed by atoms with Gasteiger partial charge in [0, 0.05) is 10.6 Å². The zero-order valence-corrected chi connectivity index (χ0v) is 13.3. The third-order valence-electron chi connectivity index (χ3n) is 3.33. The molecule has 3 rings (SSSR count). The first-order chi connectivity index (χ1) is 10.2. The monoisotopic (exact) mass is 301 g/mol. The van der Waals surface area contributed by atoms with E-state index in [4.69, 9.17) is 9.47 Å². The molecule has 1 aliphatic heterocycles. The van der Waals surface area contributed by atoms with Crippen molar-refractivity contribution in [3.8, 4) is 22.6 Å². The molecule has 2 aromatic carbocycles. The maximum Gasteiger partial charge on any atom is 0.131 e. The molecule has 1 aliphatic rings.